The Labute approximate surface area is 175 Å². The van der Waals surface area contributed by atoms with E-state index < -0.39 is 0 Å². The minimum atomic E-state index is 0.0215. The second-order valence-electron chi connectivity index (χ2n) is 8.91. The maximum atomic E-state index is 12.8. The zero-order chi connectivity index (χ0) is 19.8. The van der Waals surface area contributed by atoms with Crippen LogP contribution in [0, 0.1) is 29.1 Å². The first-order valence-corrected chi connectivity index (χ1v) is 11.4. The lowest BCUT2D eigenvalue weighted by Crippen LogP contribution is -2.60. The summed E-state index contributed by atoms with van der Waals surface area (Å²) in [5.74, 6) is 2.75. The van der Waals surface area contributed by atoms with Crippen LogP contribution in [0.15, 0.2) is 41.6 Å². The van der Waals surface area contributed by atoms with Crippen molar-refractivity contribution in [1.29, 1.82) is 5.26 Å². The largest absolute Gasteiger partial charge is 0.350 e. The van der Waals surface area contributed by atoms with Crippen LogP contribution < -0.4 is 5.32 Å². The van der Waals surface area contributed by atoms with Crippen LogP contribution in [0.5, 0.6) is 0 Å². The monoisotopic (exact) mass is 404 g/mol. The fourth-order valence-electron chi connectivity index (χ4n) is 6.02. The number of pyridine rings is 2. The number of nitriles is 1. The maximum Gasteiger partial charge on any atom is 0.230 e. The van der Waals surface area contributed by atoms with E-state index in [9.17, 15) is 10.1 Å². The second kappa shape index (κ2) is 7.46. The molecular formula is C23H24N4OS. The van der Waals surface area contributed by atoms with E-state index in [-0.39, 0.29) is 17.2 Å². The van der Waals surface area contributed by atoms with Gasteiger partial charge in [-0.1, -0.05) is 17.8 Å². The molecule has 4 saturated carbocycles. The highest BCUT2D eigenvalue weighted by Crippen LogP contribution is 2.55. The Bertz CT molecular complexity index is 933. The quantitative estimate of drug-likeness (QED) is 0.756. The van der Waals surface area contributed by atoms with Gasteiger partial charge in [-0.2, -0.15) is 5.26 Å². The second-order valence-corrected chi connectivity index (χ2v) is 9.87. The van der Waals surface area contributed by atoms with Crippen molar-refractivity contribution < 1.29 is 4.79 Å². The van der Waals surface area contributed by atoms with Crippen molar-refractivity contribution in [2.24, 2.45) is 17.8 Å². The van der Waals surface area contributed by atoms with E-state index in [4.69, 9.17) is 0 Å². The van der Waals surface area contributed by atoms with Crippen LogP contribution in [0.3, 0.4) is 0 Å². The molecule has 4 aliphatic carbocycles. The minimum Gasteiger partial charge on any atom is -0.350 e. The third kappa shape index (κ3) is 3.76. The Morgan fingerprint density at radius 1 is 1.10 bits per heavy atom. The molecule has 2 heterocycles. The first kappa shape index (κ1) is 18.6. The number of amides is 1. The van der Waals surface area contributed by atoms with E-state index in [2.05, 4.69) is 21.4 Å². The van der Waals surface area contributed by atoms with Gasteiger partial charge in [0.15, 0.2) is 0 Å². The number of carbonyl (C=O) groups excluding carboxylic acids is 1. The van der Waals surface area contributed by atoms with Crippen molar-refractivity contribution >= 4 is 17.7 Å². The van der Waals surface area contributed by atoms with Crippen LogP contribution in [0.4, 0.5) is 0 Å². The van der Waals surface area contributed by atoms with Gasteiger partial charge < -0.3 is 5.32 Å². The summed E-state index contributed by atoms with van der Waals surface area (Å²) in [4.78, 5) is 21.7. The number of nitrogens with zero attached hydrogens (tertiary/aromatic N) is 3. The predicted octanol–water partition coefficient (Wildman–Crippen LogP) is 4.19. The lowest BCUT2D eigenvalue weighted by Gasteiger charge is -2.56. The highest BCUT2D eigenvalue weighted by molar-refractivity contribution is 8.00. The molecule has 1 N–H and O–H groups in total. The van der Waals surface area contributed by atoms with Crippen molar-refractivity contribution in [1.82, 2.24) is 15.3 Å². The van der Waals surface area contributed by atoms with E-state index in [1.165, 1.54) is 31.0 Å². The summed E-state index contributed by atoms with van der Waals surface area (Å²) in [6.45, 7) is 0. The Hall–Kier alpha value is -2.39. The third-order valence-corrected chi connectivity index (χ3v) is 7.68. The zero-order valence-corrected chi connectivity index (χ0v) is 17.1. The first-order valence-electron chi connectivity index (χ1n) is 10.4. The Kier molecular flexibility index (Phi) is 4.79. The van der Waals surface area contributed by atoms with E-state index in [0.717, 1.165) is 42.7 Å². The van der Waals surface area contributed by atoms with E-state index in [1.807, 2.05) is 18.2 Å². The highest BCUT2D eigenvalue weighted by atomic mass is 32.2. The summed E-state index contributed by atoms with van der Waals surface area (Å²) in [7, 11) is 0. The van der Waals surface area contributed by atoms with Crippen LogP contribution in [-0.4, -0.2) is 27.2 Å². The van der Waals surface area contributed by atoms with Gasteiger partial charge in [0.1, 0.15) is 11.1 Å². The fourth-order valence-corrected chi connectivity index (χ4v) is 6.79. The average Bonchev–Trinajstić information content (AvgIpc) is 2.71. The highest BCUT2D eigenvalue weighted by Gasteiger charge is 2.51. The molecule has 0 unspecified atom stereocenters. The molecule has 4 aliphatic rings. The standard InChI is InChI=1S/C23H24N4OS/c24-13-18-4-5-20(19-3-1-2-6-25-19)26-22(18)29-14-21(28)27-23-10-15-7-16(11-23)9-17(8-15)12-23/h1-6,15-17H,7-12,14H2,(H,27,28). The van der Waals surface area contributed by atoms with Crippen LogP contribution in [0.1, 0.15) is 44.1 Å². The first-order chi connectivity index (χ1) is 14.1. The molecule has 0 atom stereocenters. The number of hydrogen-bond acceptors (Lipinski definition) is 5. The van der Waals surface area contributed by atoms with Gasteiger partial charge in [-0.3, -0.25) is 9.78 Å². The lowest BCUT2D eigenvalue weighted by molar-refractivity contribution is -0.124. The third-order valence-electron chi connectivity index (χ3n) is 6.69. The lowest BCUT2D eigenvalue weighted by atomic mass is 9.53. The van der Waals surface area contributed by atoms with Crippen molar-refractivity contribution in [3.05, 3.63) is 42.1 Å². The summed E-state index contributed by atoms with van der Waals surface area (Å²) in [6.07, 6.45) is 9.24. The number of carbonyl (C=O) groups is 1. The number of nitrogens with one attached hydrogen (secondary N) is 1. The Morgan fingerprint density at radius 2 is 1.83 bits per heavy atom. The van der Waals surface area contributed by atoms with Crippen molar-refractivity contribution in [2.75, 3.05) is 5.75 Å². The molecule has 4 fully saturated rings. The van der Waals surface area contributed by atoms with Gasteiger partial charge in [-0.05, 0) is 80.5 Å². The van der Waals surface area contributed by atoms with Crippen molar-refractivity contribution in [3.63, 3.8) is 0 Å². The van der Waals surface area contributed by atoms with Crippen molar-refractivity contribution in [3.8, 4) is 17.5 Å². The Morgan fingerprint density at radius 3 is 2.45 bits per heavy atom. The van der Waals surface area contributed by atoms with E-state index >= 15 is 0 Å². The van der Waals surface area contributed by atoms with Gasteiger partial charge in [0.05, 0.1) is 22.7 Å². The molecule has 0 aromatic carbocycles. The smallest absolute Gasteiger partial charge is 0.230 e. The molecule has 5 nitrogen and oxygen atoms in total. The number of aromatic nitrogens is 2. The molecule has 4 bridgehead atoms. The molecule has 0 radical (unpaired) electrons. The van der Waals surface area contributed by atoms with Crippen LogP contribution >= 0.6 is 11.8 Å². The summed E-state index contributed by atoms with van der Waals surface area (Å²) >= 11 is 1.34. The molecule has 0 aliphatic heterocycles. The van der Waals surface area contributed by atoms with E-state index in [1.54, 1.807) is 18.3 Å². The van der Waals surface area contributed by atoms with Gasteiger partial charge in [0.2, 0.25) is 5.91 Å². The molecule has 0 spiro atoms. The molecule has 29 heavy (non-hydrogen) atoms. The van der Waals surface area contributed by atoms with Crippen molar-refractivity contribution in [2.45, 2.75) is 49.1 Å². The summed E-state index contributed by atoms with van der Waals surface area (Å²) in [5, 5.41) is 13.4. The zero-order valence-electron chi connectivity index (χ0n) is 16.3. The molecule has 2 aromatic rings. The predicted molar refractivity (Wildman–Crippen MR) is 112 cm³/mol. The van der Waals surface area contributed by atoms with Gasteiger partial charge in [0, 0.05) is 11.7 Å². The number of hydrogen-bond donors (Lipinski definition) is 1. The molecule has 6 rings (SSSR count). The Balaban J connectivity index is 1.27. The molecule has 6 heteroatoms. The van der Waals surface area contributed by atoms with Gasteiger partial charge >= 0.3 is 0 Å². The number of rotatable bonds is 5. The van der Waals surface area contributed by atoms with E-state index in [0.29, 0.717) is 16.3 Å². The summed E-state index contributed by atoms with van der Waals surface area (Å²) in [6, 6.07) is 11.4. The average molecular weight is 405 g/mol. The topological polar surface area (TPSA) is 78.7 Å². The van der Waals surface area contributed by atoms with Gasteiger partial charge in [0.25, 0.3) is 0 Å². The molecule has 148 valence electrons. The van der Waals surface area contributed by atoms with Crippen LogP contribution in [0.2, 0.25) is 0 Å². The maximum absolute atomic E-state index is 12.8. The minimum absolute atomic E-state index is 0.0215. The van der Waals surface area contributed by atoms with Crippen LogP contribution in [-0.2, 0) is 4.79 Å². The molecular weight excluding hydrogens is 380 g/mol. The fraction of sp³-hybridized carbons (Fsp3) is 0.478. The SMILES string of the molecule is N#Cc1ccc(-c2ccccn2)nc1SCC(=O)NC12CC3CC(CC(C3)C1)C2. The molecule has 2 aromatic heterocycles. The van der Waals surface area contributed by atoms with Gasteiger partial charge in [-0.25, -0.2) is 4.98 Å². The number of thioether (sulfide) groups is 1. The summed E-state index contributed by atoms with van der Waals surface area (Å²) in [5.41, 5.74) is 2.00. The molecule has 0 saturated heterocycles. The normalized spacial score (nSPS) is 29.4. The van der Waals surface area contributed by atoms with Crippen LogP contribution in [0.25, 0.3) is 11.4 Å². The van der Waals surface area contributed by atoms with Gasteiger partial charge in [-0.15, -0.1) is 0 Å². The summed E-state index contributed by atoms with van der Waals surface area (Å²) < 4.78 is 0. The molecule has 1 amide bonds.